The molecule has 0 spiro atoms. The van der Waals surface area contributed by atoms with Crippen LogP contribution in [0.3, 0.4) is 0 Å². The molecule has 1 nitrogen and oxygen atoms in total. The zero-order chi connectivity index (χ0) is 15.1. The molecule has 1 heteroatoms. The highest BCUT2D eigenvalue weighted by atomic mass is 16.5. The summed E-state index contributed by atoms with van der Waals surface area (Å²) in [6, 6.07) is 6.43. The zero-order valence-corrected chi connectivity index (χ0v) is 14.0. The lowest BCUT2D eigenvalue weighted by Crippen LogP contribution is -2.31. The van der Waals surface area contributed by atoms with Crippen molar-refractivity contribution < 1.29 is 4.74 Å². The van der Waals surface area contributed by atoms with Crippen molar-refractivity contribution in [3.8, 4) is 5.75 Å². The second kappa shape index (κ2) is 7.68. The molecule has 0 fully saturated rings. The number of benzene rings is 1. The fourth-order valence-electron chi connectivity index (χ4n) is 3.01. The highest BCUT2D eigenvalue weighted by Gasteiger charge is 2.26. The Morgan fingerprint density at radius 2 is 1.71 bits per heavy atom. The first-order valence-electron chi connectivity index (χ1n) is 8.62. The minimum absolute atomic E-state index is 0.119. The van der Waals surface area contributed by atoms with Gasteiger partial charge in [0.05, 0.1) is 0 Å². The summed E-state index contributed by atoms with van der Waals surface area (Å²) < 4.78 is 6.23. The molecule has 0 amide bonds. The summed E-state index contributed by atoms with van der Waals surface area (Å²) in [5, 5.41) is 0. The molecule has 0 aromatic heterocycles. The molecule has 0 saturated heterocycles. The van der Waals surface area contributed by atoms with E-state index in [1.54, 1.807) is 0 Å². The number of rotatable bonds is 8. The molecule has 21 heavy (non-hydrogen) atoms. The predicted octanol–water partition coefficient (Wildman–Crippen LogP) is 6.30. The highest BCUT2D eigenvalue weighted by molar-refractivity contribution is 5.61. The van der Waals surface area contributed by atoms with E-state index in [0.29, 0.717) is 0 Å². The number of aryl methyl sites for hydroxylation is 1. The van der Waals surface area contributed by atoms with Gasteiger partial charge in [-0.3, -0.25) is 0 Å². The molecule has 1 heterocycles. The van der Waals surface area contributed by atoms with Crippen LogP contribution in [0.5, 0.6) is 5.75 Å². The molecule has 1 aromatic carbocycles. The Balaban J connectivity index is 1.76. The van der Waals surface area contributed by atoms with E-state index >= 15 is 0 Å². The number of hydrogen-bond donors (Lipinski definition) is 0. The smallest absolute Gasteiger partial charge is 0.127 e. The van der Waals surface area contributed by atoms with Crippen molar-refractivity contribution in [2.24, 2.45) is 0 Å². The van der Waals surface area contributed by atoms with Crippen LogP contribution in [0.4, 0.5) is 0 Å². The largest absolute Gasteiger partial charge is 0.483 e. The van der Waals surface area contributed by atoms with Gasteiger partial charge in [0.2, 0.25) is 0 Å². The Hall–Kier alpha value is -1.24. The number of ether oxygens (including phenoxy) is 1. The van der Waals surface area contributed by atoms with Gasteiger partial charge in [-0.1, -0.05) is 63.2 Å². The molecular weight excluding hydrogens is 256 g/mol. The van der Waals surface area contributed by atoms with Crippen LogP contribution >= 0.6 is 0 Å². The Morgan fingerprint density at radius 1 is 1.00 bits per heavy atom. The second-order valence-electron chi connectivity index (χ2n) is 6.66. The quantitative estimate of drug-likeness (QED) is 0.509. The van der Waals surface area contributed by atoms with Crippen LogP contribution in [0.1, 0.15) is 76.3 Å². The molecule has 1 atom stereocenters. The Kier molecular flexibility index (Phi) is 5.90. The van der Waals surface area contributed by atoms with E-state index in [2.05, 4.69) is 51.1 Å². The van der Waals surface area contributed by atoms with Crippen LogP contribution < -0.4 is 4.74 Å². The van der Waals surface area contributed by atoms with Gasteiger partial charge in [0.15, 0.2) is 0 Å². The third-order valence-corrected chi connectivity index (χ3v) is 4.40. The summed E-state index contributed by atoms with van der Waals surface area (Å²) in [5.74, 6) is 1.04. The van der Waals surface area contributed by atoms with Crippen LogP contribution in [0.25, 0.3) is 6.08 Å². The lowest BCUT2D eigenvalue weighted by Gasteiger charge is -2.32. The lowest BCUT2D eigenvalue weighted by molar-refractivity contribution is 0.124. The van der Waals surface area contributed by atoms with Crippen molar-refractivity contribution >= 4 is 6.08 Å². The van der Waals surface area contributed by atoms with Gasteiger partial charge >= 0.3 is 0 Å². The predicted molar refractivity (Wildman–Crippen MR) is 91.9 cm³/mol. The molecule has 0 radical (unpaired) electrons. The molecule has 2 rings (SSSR count). The molecule has 0 bridgehead atoms. The molecule has 1 aliphatic heterocycles. The maximum atomic E-state index is 6.23. The van der Waals surface area contributed by atoms with Crippen molar-refractivity contribution in [3.63, 3.8) is 0 Å². The first-order valence-corrected chi connectivity index (χ1v) is 8.62. The second-order valence-corrected chi connectivity index (χ2v) is 6.66. The SMILES string of the molecule is CCCCCCCCCC1(C)C=Cc2cc(C)ccc2O1. The topological polar surface area (TPSA) is 9.23 Å². The summed E-state index contributed by atoms with van der Waals surface area (Å²) in [6.07, 6.45) is 15.1. The average Bonchev–Trinajstić information content (AvgIpc) is 2.47. The Bertz CT molecular complexity index is 475. The molecule has 1 aliphatic rings. The van der Waals surface area contributed by atoms with Crippen molar-refractivity contribution in [1.82, 2.24) is 0 Å². The standard InChI is InChI=1S/C20H30O/c1-4-5-6-7-8-9-10-14-20(3)15-13-18-16-17(2)11-12-19(18)21-20/h11-13,15-16H,4-10,14H2,1-3H3. The normalized spacial score (nSPS) is 20.1. The summed E-state index contributed by atoms with van der Waals surface area (Å²) >= 11 is 0. The first kappa shape index (κ1) is 16.1. The molecule has 1 unspecified atom stereocenters. The van der Waals surface area contributed by atoms with Crippen LogP contribution in [0.2, 0.25) is 0 Å². The van der Waals surface area contributed by atoms with Gasteiger partial charge in [-0.05, 0) is 44.9 Å². The number of unbranched alkanes of at least 4 members (excludes halogenated alkanes) is 6. The zero-order valence-electron chi connectivity index (χ0n) is 14.0. The first-order chi connectivity index (χ1) is 10.1. The average molecular weight is 286 g/mol. The minimum atomic E-state index is -0.119. The van der Waals surface area contributed by atoms with Gasteiger partial charge in [-0.15, -0.1) is 0 Å². The van der Waals surface area contributed by atoms with E-state index in [-0.39, 0.29) is 5.60 Å². The van der Waals surface area contributed by atoms with E-state index in [1.165, 1.54) is 56.1 Å². The van der Waals surface area contributed by atoms with E-state index in [9.17, 15) is 0 Å². The summed E-state index contributed by atoms with van der Waals surface area (Å²) in [7, 11) is 0. The maximum absolute atomic E-state index is 6.23. The monoisotopic (exact) mass is 286 g/mol. The Morgan fingerprint density at radius 3 is 2.48 bits per heavy atom. The minimum Gasteiger partial charge on any atom is -0.483 e. The highest BCUT2D eigenvalue weighted by Crippen LogP contribution is 2.34. The number of fused-ring (bicyclic) bond motifs is 1. The van der Waals surface area contributed by atoms with Crippen molar-refractivity contribution in [1.29, 1.82) is 0 Å². The van der Waals surface area contributed by atoms with E-state index < -0.39 is 0 Å². The third-order valence-electron chi connectivity index (χ3n) is 4.40. The summed E-state index contributed by atoms with van der Waals surface area (Å²) in [6.45, 7) is 6.61. The van der Waals surface area contributed by atoms with Crippen LogP contribution in [-0.4, -0.2) is 5.60 Å². The molecule has 0 aliphatic carbocycles. The lowest BCUT2D eigenvalue weighted by atomic mass is 9.93. The fraction of sp³-hybridized carbons (Fsp3) is 0.600. The van der Waals surface area contributed by atoms with Crippen molar-refractivity contribution in [2.75, 3.05) is 0 Å². The number of hydrogen-bond acceptors (Lipinski definition) is 1. The van der Waals surface area contributed by atoms with Gasteiger partial charge < -0.3 is 4.74 Å². The van der Waals surface area contributed by atoms with Crippen molar-refractivity contribution in [2.45, 2.75) is 77.7 Å². The summed E-state index contributed by atoms with van der Waals surface area (Å²) in [5.41, 5.74) is 2.39. The molecule has 0 N–H and O–H groups in total. The van der Waals surface area contributed by atoms with E-state index in [0.717, 1.165) is 12.2 Å². The van der Waals surface area contributed by atoms with E-state index in [1.807, 2.05) is 0 Å². The molecule has 1 aromatic rings. The fourth-order valence-corrected chi connectivity index (χ4v) is 3.01. The molecule has 116 valence electrons. The van der Waals surface area contributed by atoms with Crippen molar-refractivity contribution in [3.05, 3.63) is 35.4 Å². The van der Waals surface area contributed by atoms with Crippen LogP contribution in [0.15, 0.2) is 24.3 Å². The van der Waals surface area contributed by atoms with Crippen LogP contribution in [-0.2, 0) is 0 Å². The molecular formula is C20H30O. The van der Waals surface area contributed by atoms with Crippen LogP contribution in [0, 0.1) is 6.92 Å². The van der Waals surface area contributed by atoms with Gasteiger partial charge in [-0.25, -0.2) is 0 Å². The molecule has 0 saturated carbocycles. The summed E-state index contributed by atoms with van der Waals surface area (Å²) in [4.78, 5) is 0. The van der Waals surface area contributed by atoms with E-state index in [4.69, 9.17) is 4.74 Å². The van der Waals surface area contributed by atoms with Gasteiger partial charge in [0.1, 0.15) is 11.4 Å². The van der Waals surface area contributed by atoms with Gasteiger partial charge in [0, 0.05) is 5.56 Å². The maximum Gasteiger partial charge on any atom is 0.127 e. The van der Waals surface area contributed by atoms with Gasteiger partial charge in [0.25, 0.3) is 0 Å². The third kappa shape index (κ3) is 4.91. The Labute approximate surface area is 130 Å². The van der Waals surface area contributed by atoms with Gasteiger partial charge in [-0.2, -0.15) is 0 Å².